The molecule has 0 aromatic rings. The van der Waals surface area contributed by atoms with Crippen molar-refractivity contribution >= 4 is 5.91 Å². The van der Waals surface area contributed by atoms with E-state index >= 15 is 0 Å². The SMILES string of the molecule is CC1CCC(NC(=O)COCCN)C1C. The second-order valence-electron chi connectivity index (χ2n) is 4.43. The summed E-state index contributed by atoms with van der Waals surface area (Å²) in [5.41, 5.74) is 5.26. The standard InChI is InChI=1S/C11H22N2O2/c1-8-3-4-10(9(8)2)13-11(14)7-15-6-5-12/h8-10H,3-7,12H2,1-2H3,(H,13,14). The zero-order valence-corrected chi connectivity index (χ0v) is 9.66. The zero-order chi connectivity index (χ0) is 11.3. The maximum absolute atomic E-state index is 11.4. The summed E-state index contributed by atoms with van der Waals surface area (Å²) in [4.78, 5) is 11.4. The van der Waals surface area contributed by atoms with Crippen LogP contribution in [-0.4, -0.2) is 31.7 Å². The molecule has 0 heterocycles. The molecule has 0 bridgehead atoms. The van der Waals surface area contributed by atoms with E-state index in [0.29, 0.717) is 31.0 Å². The van der Waals surface area contributed by atoms with E-state index in [-0.39, 0.29) is 12.5 Å². The Morgan fingerprint density at radius 2 is 2.20 bits per heavy atom. The van der Waals surface area contributed by atoms with Crippen LogP contribution in [0.15, 0.2) is 0 Å². The average Bonchev–Trinajstić information content (AvgIpc) is 2.50. The minimum atomic E-state index is -0.0191. The van der Waals surface area contributed by atoms with E-state index in [1.165, 1.54) is 6.42 Å². The van der Waals surface area contributed by atoms with Crippen molar-refractivity contribution in [1.29, 1.82) is 0 Å². The number of rotatable bonds is 5. The van der Waals surface area contributed by atoms with Gasteiger partial charge in [-0.15, -0.1) is 0 Å². The Morgan fingerprint density at radius 3 is 2.73 bits per heavy atom. The fourth-order valence-corrected chi connectivity index (χ4v) is 2.07. The molecule has 4 nitrogen and oxygen atoms in total. The van der Waals surface area contributed by atoms with E-state index in [1.54, 1.807) is 0 Å². The molecular formula is C11H22N2O2. The molecule has 0 aromatic heterocycles. The molecule has 0 aromatic carbocycles. The number of carbonyl (C=O) groups is 1. The van der Waals surface area contributed by atoms with Crippen LogP contribution < -0.4 is 11.1 Å². The number of nitrogens with two attached hydrogens (primary N) is 1. The lowest BCUT2D eigenvalue weighted by Gasteiger charge is -2.19. The third-order valence-electron chi connectivity index (χ3n) is 3.31. The Kier molecular flexibility index (Phi) is 5.05. The van der Waals surface area contributed by atoms with Crippen LogP contribution in [0.2, 0.25) is 0 Å². The van der Waals surface area contributed by atoms with Crippen molar-refractivity contribution < 1.29 is 9.53 Å². The summed E-state index contributed by atoms with van der Waals surface area (Å²) in [6.45, 7) is 5.48. The second kappa shape index (κ2) is 6.08. The fraction of sp³-hybridized carbons (Fsp3) is 0.909. The highest BCUT2D eigenvalue weighted by Gasteiger charge is 2.30. The summed E-state index contributed by atoms with van der Waals surface area (Å²) in [6.07, 6.45) is 2.29. The minimum Gasteiger partial charge on any atom is -0.370 e. The molecule has 3 unspecified atom stereocenters. The highest BCUT2D eigenvalue weighted by atomic mass is 16.5. The molecule has 4 heteroatoms. The van der Waals surface area contributed by atoms with Gasteiger partial charge in [0, 0.05) is 12.6 Å². The molecule has 0 spiro atoms. The number of ether oxygens (including phenoxy) is 1. The molecule has 1 saturated carbocycles. The van der Waals surface area contributed by atoms with Crippen molar-refractivity contribution in [2.75, 3.05) is 19.8 Å². The van der Waals surface area contributed by atoms with Gasteiger partial charge in [-0.25, -0.2) is 0 Å². The molecule has 1 aliphatic carbocycles. The first kappa shape index (κ1) is 12.5. The monoisotopic (exact) mass is 214 g/mol. The number of hydrogen-bond donors (Lipinski definition) is 2. The van der Waals surface area contributed by atoms with Crippen LogP contribution in [0.3, 0.4) is 0 Å². The summed E-state index contributed by atoms with van der Waals surface area (Å²) in [6, 6.07) is 0.328. The van der Waals surface area contributed by atoms with Gasteiger partial charge in [0.05, 0.1) is 6.61 Å². The lowest BCUT2D eigenvalue weighted by molar-refractivity contribution is -0.126. The summed E-state index contributed by atoms with van der Waals surface area (Å²) >= 11 is 0. The third-order valence-corrected chi connectivity index (χ3v) is 3.31. The molecule has 0 aliphatic heterocycles. The first-order valence-electron chi connectivity index (χ1n) is 5.72. The lowest BCUT2D eigenvalue weighted by atomic mass is 9.98. The molecule has 0 radical (unpaired) electrons. The average molecular weight is 214 g/mol. The van der Waals surface area contributed by atoms with Gasteiger partial charge in [0.2, 0.25) is 5.91 Å². The largest absolute Gasteiger partial charge is 0.370 e. The number of carbonyl (C=O) groups excluding carboxylic acids is 1. The third kappa shape index (κ3) is 3.80. The molecule has 1 amide bonds. The summed E-state index contributed by atoms with van der Waals surface area (Å²) in [5, 5.41) is 3.01. The molecule has 0 saturated heterocycles. The van der Waals surface area contributed by atoms with Gasteiger partial charge in [-0.2, -0.15) is 0 Å². The smallest absolute Gasteiger partial charge is 0.246 e. The molecule has 88 valence electrons. The molecule has 1 rings (SSSR count). The van der Waals surface area contributed by atoms with Crippen molar-refractivity contribution in [2.24, 2.45) is 17.6 Å². The van der Waals surface area contributed by atoms with Crippen LogP contribution in [-0.2, 0) is 9.53 Å². The van der Waals surface area contributed by atoms with Crippen LogP contribution in [0.5, 0.6) is 0 Å². The van der Waals surface area contributed by atoms with E-state index in [1.807, 2.05) is 0 Å². The highest BCUT2D eigenvalue weighted by Crippen LogP contribution is 2.30. The van der Waals surface area contributed by atoms with Crippen LogP contribution in [0.4, 0.5) is 0 Å². The van der Waals surface area contributed by atoms with E-state index < -0.39 is 0 Å². The first-order chi connectivity index (χ1) is 7.15. The predicted octanol–water partition coefficient (Wildman–Crippen LogP) is 0.513. The van der Waals surface area contributed by atoms with E-state index in [9.17, 15) is 4.79 Å². The van der Waals surface area contributed by atoms with Gasteiger partial charge in [0.15, 0.2) is 0 Å². The molecule has 15 heavy (non-hydrogen) atoms. The van der Waals surface area contributed by atoms with Crippen LogP contribution >= 0.6 is 0 Å². The van der Waals surface area contributed by atoms with Crippen molar-refractivity contribution in [3.05, 3.63) is 0 Å². The zero-order valence-electron chi connectivity index (χ0n) is 9.66. The van der Waals surface area contributed by atoms with Crippen molar-refractivity contribution in [2.45, 2.75) is 32.7 Å². The van der Waals surface area contributed by atoms with Gasteiger partial charge >= 0.3 is 0 Å². The van der Waals surface area contributed by atoms with E-state index in [2.05, 4.69) is 19.2 Å². The normalized spacial score (nSPS) is 30.5. The summed E-state index contributed by atoms with van der Waals surface area (Å²) in [7, 11) is 0. The van der Waals surface area contributed by atoms with E-state index in [0.717, 1.165) is 6.42 Å². The summed E-state index contributed by atoms with van der Waals surface area (Å²) < 4.78 is 5.08. The van der Waals surface area contributed by atoms with E-state index in [4.69, 9.17) is 10.5 Å². The Hall–Kier alpha value is -0.610. The molecule has 3 atom stereocenters. The number of nitrogens with one attached hydrogen (secondary N) is 1. The first-order valence-corrected chi connectivity index (χ1v) is 5.72. The number of amides is 1. The number of hydrogen-bond acceptors (Lipinski definition) is 3. The lowest BCUT2D eigenvalue weighted by Crippen LogP contribution is -2.39. The molecule has 1 fully saturated rings. The van der Waals surface area contributed by atoms with Gasteiger partial charge in [0.1, 0.15) is 6.61 Å². The summed E-state index contributed by atoms with van der Waals surface area (Å²) in [5.74, 6) is 1.26. The minimum absolute atomic E-state index is 0.0191. The highest BCUT2D eigenvalue weighted by molar-refractivity contribution is 5.77. The van der Waals surface area contributed by atoms with Gasteiger partial charge in [0.25, 0.3) is 0 Å². The Balaban J connectivity index is 2.20. The van der Waals surface area contributed by atoms with Gasteiger partial charge in [-0.05, 0) is 24.7 Å². The quantitative estimate of drug-likeness (QED) is 0.655. The molecular weight excluding hydrogens is 192 g/mol. The van der Waals surface area contributed by atoms with Crippen molar-refractivity contribution in [3.8, 4) is 0 Å². The topological polar surface area (TPSA) is 64.3 Å². The Bertz CT molecular complexity index is 209. The Labute approximate surface area is 91.5 Å². The van der Waals surface area contributed by atoms with Crippen LogP contribution in [0, 0.1) is 11.8 Å². The maximum atomic E-state index is 11.4. The van der Waals surface area contributed by atoms with Crippen LogP contribution in [0.25, 0.3) is 0 Å². The van der Waals surface area contributed by atoms with Gasteiger partial charge in [-0.3, -0.25) is 4.79 Å². The second-order valence-corrected chi connectivity index (χ2v) is 4.43. The maximum Gasteiger partial charge on any atom is 0.246 e. The Morgan fingerprint density at radius 1 is 1.47 bits per heavy atom. The van der Waals surface area contributed by atoms with Gasteiger partial charge < -0.3 is 15.8 Å². The van der Waals surface area contributed by atoms with Crippen molar-refractivity contribution in [3.63, 3.8) is 0 Å². The molecule has 3 N–H and O–H groups in total. The fourth-order valence-electron chi connectivity index (χ4n) is 2.07. The molecule has 1 aliphatic rings. The van der Waals surface area contributed by atoms with Gasteiger partial charge in [-0.1, -0.05) is 13.8 Å². The van der Waals surface area contributed by atoms with Crippen molar-refractivity contribution in [1.82, 2.24) is 5.32 Å². The van der Waals surface area contributed by atoms with Crippen LogP contribution in [0.1, 0.15) is 26.7 Å². The predicted molar refractivity (Wildman–Crippen MR) is 59.4 cm³/mol.